The van der Waals surface area contributed by atoms with Gasteiger partial charge in [0.25, 0.3) is 11.5 Å². The van der Waals surface area contributed by atoms with Crippen molar-refractivity contribution < 1.29 is 4.79 Å². The van der Waals surface area contributed by atoms with Gasteiger partial charge in [0.15, 0.2) is 0 Å². The summed E-state index contributed by atoms with van der Waals surface area (Å²) in [5.41, 5.74) is 4.10. The van der Waals surface area contributed by atoms with Crippen molar-refractivity contribution in [1.29, 1.82) is 0 Å². The molecule has 1 atom stereocenters. The van der Waals surface area contributed by atoms with Gasteiger partial charge >= 0.3 is 0 Å². The Morgan fingerprint density at radius 1 is 0.812 bits per heavy atom. The predicted molar refractivity (Wildman–Crippen MR) is 125 cm³/mol. The molecule has 3 aromatic carbocycles. The number of thiazole rings is 1. The maximum absolute atomic E-state index is 13.8. The molecule has 0 aliphatic carbocycles. The lowest BCUT2D eigenvalue weighted by molar-refractivity contribution is -0.110. The van der Waals surface area contributed by atoms with Gasteiger partial charge in [-0.15, -0.1) is 10.2 Å². The molecule has 2 aliphatic rings. The van der Waals surface area contributed by atoms with Gasteiger partial charge in [-0.2, -0.15) is 0 Å². The van der Waals surface area contributed by atoms with Gasteiger partial charge in [-0.05, 0) is 11.6 Å². The average molecular weight is 436 g/mol. The molecular weight excluding hydrogens is 420 g/mol. The zero-order valence-electron chi connectivity index (χ0n) is 16.7. The van der Waals surface area contributed by atoms with Crippen LogP contribution in [0.3, 0.4) is 0 Å². The third kappa shape index (κ3) is 2.79. The van der Waals surface area contributed by atoms with Crippen LogP contribution in [0.4, 0.5) is 5.69 Å². The second kappa shape index (κ2) is 7.25. The van der Waals surface area contributed by atoms with Gasteiger partial charge < -0.3 is 5.32 Å². The minimum atomic E-state index is -0.441. The minimum Gasteiger partial charge on any atom is -0.321 e. The Morgan fingerprint density at radius 2 is 1.50 bits per heavy atom. The summed E-state index contributed by atoms with van der Waals surface area (Å²) in [6.07, 6.45) is 0. The number of fused-ring (bicyclic) bond motifs is 2. The SMILES string of the molecule is O=C1Nc2ccccc2/C1=c1\sc2n(c1=O)[C@@H](c1ccccc1)C(c1ccccc1)=NN=2. The fourth-order valence-electron chi connectivity index (χ4n) is 4.22. The highest BCUT2D eigenvalue weighted by Gasteiger charge is 2.31. The Bertz CT molecular complexity index is 1580. The highest BCUT2D eigenvalue weighted by atomic mass is 32.1. The lowest BCUT2D eigenvalue weighted by atomic mass is 9.96. The van der Waals surface area contributed by atoms with E-state index in [-0.39, 0.29) is 11.5 Å². The molecular formula is C25H16N4O2S. The summed E-state index contributed by atoms with van der Waals surface area (Å²) in [4.78, 5) is 27.0. The zero-order valence-corrected chi connectivity index (χ0v) is 17.5. The van der Waals surface area contributed by atoms with Crippen LogP contribution in [0.25, 0.3) is 5.57 Å². The van der Waals surface area contributed by atoms with Crippen LogP contribution >= 0.6 is 11.3 Å². The van der Waals surface area contributed by atoms with Crippen molar-refractivity contribution in [2.24, 2.45) is 10.2 Å². The van der Waals surface area contributed by atoms with Gasteiger partial charge in [0.1, 0.15) is 10.6 Å². The van der Waals surface area contributed by atoms with Crippen LogP contribution < -0.4 is 20.2 Å². The molecule has 0 bridgehead atoms. The molecule has 6 nitrogen and oxygen atoms in total. The summed E-state index contributed by atoms with van der Waals surface area (Å²) in [6.45, 7) is 0. The van der Waals surface area contributed by atoms with E-state index in [1.807, 2.05) is 84.9 Å². The molecule has 6 rings (SSSR count). The first kappa shape index (κ1) is 18.7. The average Bonchev–Trinajstić information content (AvgIpc) is 3.35. The molecule has 4 aromatic rings. The largest absolute Gasteiger partial charge is 0.321 e. The van der Waals surface area contributed by atoms with Crippen LogP contribution in [-0.2, 0) is 4.79 Å². The van der Waals surface area contributed by atoms with Gasteiger partial charge in [-0.1, -0.05) is 90.2 Å². The van der Waals surface area contributed by atoms with Gasteiger partial charge in [0.2, 0.25) is 4.80 Å². The summed E-state index contributed by atoms with van der Waals surface area (Å²) in [5, 5.41) is 11.8. The molecule has 154 valence electrons. The molecule has 3 heterocycles. The van der Waals surface area contributed by atoms with Crippen molar-refractivity contribution in [3.63, 3.8) is 0 Å². The molecule has 2 aliphatic heterocycles. The van der Waals surface area contributed by atoms with Crippen LogP contribution in [0.1, 0.15) is 22.7 Å². The second-order valence-electron chi connectivity index (χ2n) is 7.53. The number of nitrogens with zero attached hydrogens (tertiary/aromatic N) is 3. The number of hydrogen-bond donors (Lipinski definition) is 1. The molecule has 0 unspecified atom stereocenters. The zero-order chi connectivity index (χ0) is 21.7. The van der Waals surface area contributed by atoms with E-state index in [0.717, 1.165) is 16.7 Å². The van der Waals surface area contributed by atoms with E-state index in [9.17, 15) is 9.59 Å². The minimum absolute atomic E-state index is 0.243. The number of carbonyl (C=O) groups excluding carboxylic acids is 1. The molecule has 0 radical (unpaired) electrons. The summed E-state index contributed by atoms with van der Waals surface area (Å²) < 4.78 is 2.03. The van der Waals surface area contributed by atoms with Crippen LogP contribution in [0.2, 0.25) is 0 Å². The number of para-hydroxylation sites is 1. The Hall–Kier alpha value is -4.10. The molecule has 0 spiro atoms. The van der Waals surface area contributed by atoms with Crippen molar-refractivity contribution in [2.75, 3.05) is 5.32 Å². The smallest absolute Gasteiger partial charge is 0.272 e. The molecule has 7 heteroatoms. The Labute approximate surface area is 186 Å². The van der Waals surface area contributed by atoms with Crippen molar-refractivity contribution in [3.8, 4) is 0 Å². The Balaban J connectivity index is 1.65. The summed E-state index contributed by atoms with van der Waals surface area (Å²) in [6, 6.07) is 26.5. The van der Waals surface area contributed by atoms with Gasteiger partial charge in [0.05, 0.1) is 11.3 Å². The van der Waals surface area contributed by atoms with Gasteiger partial charge in [-0.3, -0.25) is 14.2 Å². The molecule has 1 amide bonds. The molecule has 0 saturated heterocycles. The van der Waals surface area contributed by atoms with Crippen LogP contribution in [-0.4, -0.2) is 16.2 Å². The first-order valence-corrected chi connectivity index (χ1v) is 11.0. The van der Waals surface area contributed by atoms with Crippen LogP contribution in [0.15, 0.2) is 99.9 Å². The van der Waals surface area contributed by atoms with E-state index in [1.54, 1.807) is 4.57 Å². The maximum Gasteiger partial charge on any atom is 0.272 e. The first-order valence-electron chi connectivity index (χ1n) is 10.1. The highest BCUT2D eigenvalue weighted by Crippen LogP contribution is 2.29. The van der Waals surface area contributed by atoms with E-state index in [2.05, 4.69) is 15.5 Å². The van der Waals surface area contributed by atoms with Crippen LogP contribution in [0.5, 0.6) is 0 Å². The highest BCUT2D eigenvalue weighted by molar-refractivity contribution is 7.07. The third-order valence-electron chi connectivity index (χ3n) is 5.66. The lowest BCUT2D eigenvalue weighted by Crippen LogP contribution is -2.41. The first-order chi connectivity index (χ1) is 15.7. The molecule has 0 fully saturated rings. The molecule has 1 aromatic heterocycles. The summed E-state index contributed by atoms with van der Waals surface area (Å²) >= 11 is 1.20. The van der Waals surface area contributed by atoms with E-state index in [1.165, 1.54) is 11.3 Å². The molecule has 32 heavy (non-hydrogen) atoms. The summed E-state index contributed by atoms with van der Waals surface area (Å²) in [7, 11) is 0. The van der Waals surface area contributed by atoms with Crippen LogP contribution in [0, 0.1) is 0 Å². The van der Waals surface area contributed by atoms with Crippen molar-refractivity contribution in [1.82, 2.24) is 4.57 Å². The lowest BCUT2D eigenvalue weighted by Gasteiger charge is -2.22. The molecule has 1 N–H and O–H groups in total. The van der Waals surface area contributed by atoms with Crippen molar-refractivity contribution in [2.45, 2.75) is 6.04 Å². The van der Waals surface area contributed by atoms with Gasteiger partial charge in [-0.25, -0.2) is 0 Å². The number of hydrogen-bond acceptors (Lipinski definition) is 5. The topological polar surface area (TPSA) is 75.8 Å². The third-order valence-corrected chi connectivity index (χ3v) is 6.70. The number of carbonyl (C=O) groups is 1. The number of benzene rings is 3. The Morgan fingerprint density at radius 3 is 2.28 bits per heavy atom. The Kier molecular flexibility index (Phi) is 4.22. The maximum atomic E-state index is 13.8. The second-order valence-corrected chi connectivity index (χ2v) is 8.51. The quantitative estimate of drug-likeness (QED) is 0.525. The number of amides is 1. The van der Waals surface area contributed by atoms with E-state index < -0.39 is 6.04 Å². The standard InChI is InChI=1S/C25H16N4O2S/c30-23-19(17-13-7-8-14-18(17)26-23)22-24(31)29-21(16-11-5-2-6-12-16)20(27-28-25(29)32-22)15-9-3-1-4-10-15/h1-14,21H,(H,26,30)/b22-19+/t21-/m0/s1. The summed E-state index contributed by atoms with van der Waals surface area (Å²) in [5.74, 6) is -0.275. The van der Waals surface area contributed by atoms with E-state index in [0.29, 0.717) is 26.3 Å². The van der Waals surface area contributed by atoms with Crippen molar-refractivity contribution in [3.05, 3.63) is 121 Å². The fraction of sp³-hybridized carbons (Fsp3) is 0.0400. The number of nitrogens with one attached hydrogen (secondary N) is 1. The van der Waals surface area contributed by atoms with Gasteiger partial charge in [0, 0.05) is 16.8 Å². The monoisotopic (exact) mass is 436 g/mol. The number of rotatable bonds is 2. The predicted octanol–water partition coefficient (Wildman–Crippen LogP) is 2.69. The van der Waals surface area contributed by atoms with E-state index >= 15 is 0 Å². The van der Waals surface area contributed by atoms with E-state index in [4.69, 9.17) is 0 Å². The fourth-order valence-corrected chi connectivity index (χ4v) is 5.26. The number of aromatic nitrogens is 1. The normalized spacial score (nSPS) is 18.3. The number of anilines is 1. The van der Waals surface area contributed by atoms with Crippen molar-refractivity contribution >= 4 is 34.2 Å². The molecule has 0 saturated carbocycles.